The number of halogens is 3. The summed E-state index contributed by atoms with van der Waals surface area (Å²) in [5.74, 6) is -1.73. The van der Waals surface area contributed by atoms with E-state index in [4.69, 9.17) is 5.11 Å². The zero-order valence-electron chi connectivity index (χ0n) is 9.14. The number of hydrogen-bond donors (Lipinski definition) is 2. The van der Waals surface area contributed by atoms with Crippen molar-refractivity contribution in [2.45, 2.75) is 19.4 Å². The largest absolute Gasteiger partial charge is 0.394 e. The first kappa shape index (κ1) is 14.1. The summed E-state index contributed by atoms with van der Waals surface area (Å²) in [4.78, 5) is 11.4. The normalized spacial score (nSPS) is 12.3. The molecule has 2 N–H and O–H groups in total. The molecule has 0 aromatic heterocycles. The van der Waals surface area contributed by atoms with Gasteiger partial charge in [0, 0.05) is 11.6 Å². The van der Waals surface area contributed by atoms with E-state index in [-0.39, 0.29) is 23.1 Å². The monoisotopic (exact) mass is 307 g/mol. The number of amides is 1. The number of carbonyl (C=O) groups excluding carboxylic acids is 1. The van der Waals surface area contributed by atoms with E-state index >= 15 is 0 Å². The molecule has 0 aliphatic carbocycles. The third kappa shape index (κ3) is 4.05. The standard InChI is InChI=1S/C11H12BrF2NO2/c1-6(5-16)15-11(17)3-7-2-10(14)8(12)4-9(7)13/h2,4,6,16H,3,5H2,1H3,(H,15,17). The molecule has 6 heteroatoms. The highest BCUT2D eigenvalue weighted by atomic mass is 79.9. The van der Waals surface area contributed by atoms with Gasteiger partial charge in [0.1, 0.15) is 11.6 Å². The third-order valence-electron chi connectivity index (χ3n) is 2.12. The fourth-order valence-electron chi connectivity index (χ4n) is 1.24. The van der Waals surface area contributed by atoms with Crippen LogP contribution >= 0.6 is 15.9 Å². The van der Waals surface area contributed by atoms with E-state index in [1.54, 1.807) is 6.92 Å². The second-order valence-corrected chi connectivity index (χ2v) is 4.54. The summed E-state index contributed by atoms with van der Waals surface area (Å²) in [6.07, 6.45) is -0.264. The molecule has 1 amide bonds. The van der Waals surface area contributed by atoms with Gasteiger partial charge in [0.15, 0.2) is 0 Å². The van der Waals surface area contributed by atoms with Gasteiger partial charge in [-0.1, -0.05) is 0 Å². The molecule has 0 saturated carbocycles. The molecule has 0 saturated heterocycles. The van der Waals surface area contributed by atoms with Crippen LogP contribution in [0.5, 0.6) is 0 Å². The number of hydrogen-bond acceptors (Lipinski definition) is 2. The van der Waals surface area contributed by atoms with Crippen LogP contribution in [-0.4, -0.2) is 23.7 Å². The summed E-state index contributed by atoms with van der Waals surface area (Å²) in [5.41, 5.74) is -0.0201. The lowest BCUT2D eigenvalue weighted by Gasteiger charge is -2.11. The molecule has 0 aliphatic rings. The van der Waals surface area contributed by atoms with Gasteiger partial charge in [-0.2, -0.15) is 0 Å². The van der Waals surface area contributed by atoms with E-state index in [1.165, 1.54) is 0 Å². The van der Waals surface area contributed by atoms with Gasteiger partial charge in [0.05, 0.1) is 17.5 Å². The maximum absolute atomic E-state index is 13.4. The Labute approximate surface area is 106 Å². The Morgan fingerprint density at radius 3 is 2.71 bits per heavy atom. The first-order valence-electron chi connectivity index (χ1n) is 4.97. The van der Waals surface area contributed by atoms with Gasteiger partial charge < -0.3 is 10.4 Å². The Morgan fingerprint density at radius 1 is 1.47 bits per heavy atom. The summed E-state index contributed by atoms with van der Waals surface area (Å²) < 4.78 is 26.6. The molecule has 0 fully saturated rings. The Balaban J connectivity index is 2.75. The number of benzene rings is 1. The van der Waals surface area contributed by atoms with Gasteiger partial charge in [-0.15, -0.1) is 0 Å². The zero-order chi connectivity index (χ0) is 13.0. The van der Waals surface area contributed by atoms with Crippen LogP contribution in [0.1, 0.15) is 12.5 Å². The van der Waals surface area contributed by atoms with Crippen molar-refractivity contribution in [3.8, 4) is 0 Å². The molecule has 94 valence electrons. The molecule has 1 rings (SSSR count). The zero-order valence-corrected chi connectivity index (χ0v) is 10.7. The van der Waals surface area contributed by atoms with Crippen molar-refractivity contribution in [3.05, 3.63) is 33.8 Å². The number of rotatable bonds is 4. The average Bonchev–Trinajstić information content (AvgIpc) is 2.25. The van der Waals surface area contributed by atoms with Gasteiger partial charge in [-0.3, -0.25) is 4.79 Å². The summed E-state index contributed by atoms with van der Waals surface area (Å²) >= 11 is 2.85. The fourth-order valence-corrected chi connectivity index (χ4v) is 1.56. The van der Waals surface area contributed by atoms with Crippen LogP contribution in [0.15, 0.2) is 16.6 Å². The topological polar surface area (TPSA) is 49.3 Å². The number of aliphatic hydroxyl groups excluding tert-OH is 1. The van der Waals surface area contributed by atoms with Crippen LogP contribution in [0, 0.1) is 11.6 Å². The van der Waals surface area contributed by atoms with Crippen LogP contribution in [0.3, 0.4) is 0 Å². The van der Waals surface area contributed by atoms with Crippen molar-refractivity contribution in [2.24, 2.45) is 0 Å². The van der Waals surface area contributed by atoms with E-state index < -0.39 is 23.6 Å². The van der Waals surface area contributed by atoms with Crippen LogP contribution in [0.4, 0.5) is 8.78 Å². The van der Waals surface area contributed by atoms with Gasteiger partial charge in [0.25, 0.3) is 0 Å². The molecule has 1 atom stereocenters. The highest BCUT2D eigenvalue weighted by molar-refractivity contribution is 9.10. The maximum Gasteiger partial charge on any atom is 0.224 e. The van der Waals surface area contributed by atoms with Crippen molar-refractivity contribution in [3.63, 3.8) is 0 Å². The summed E-state index contributed by atoms with van der Waals surface area (Å²) in [6.45, 7) is 1.40. The van der Waals surface area contributed by atoms with Crippen molar-refractivity contribution in [1.29, 1.82) is 0 Å². The molecule has 0 bridgehead atoms. The van der Waals surface area contributed by atoms with E-state index in [2.05, 4.69) is 21.2 Å². The molecule has 0 heterocycles. The van der Waals surface area contributed by atoms with Gasteiger partial charge in [-0.05, 0) is 35.0 Å². The number of aliphatic hydroxyl groups is 1. The summed E-state index contributed by atoms with van der Waals surface area (Å²) in [7, 11) is 0. The van der Waals surface area contributed by atoms with Crippen LogP contribution < -0.4 is 5.32 Å². The fraction of sp³-hybridized carbons (Fsp3) is 0.364. The smallest absolute Gasteiger partial charge is 0.224 e. The van der Waals surface area contributed by atoms with Crippen molar-refractivity contribution in [1.82, 2.24) is 5.32 Å². The summed E-state index contributed by atoms with van der Waals surface area (Å²) in [6, 6.07) is 1.54. The molecule has 1 unspecified atom stereocenters. The molecule has 0 radical (unpaired) electrons. The molecular weight excluding hydrogens is 296 g/mol. The van der Waals surface area contributed by atoms with Crippen LogP contribution in [0.2, 0.25) is 0 Å². The second kappa shape index (κ2) is 6.07. The van der Waals surface area contributed by atoms with E-state index in [1.807, 2.05) is 0 Å². The lowest BCUT2D eigenvalue weighted by Crippen LogP contribution is -2.36. The number of carbonyl (C=O) groups is 1. The molecule has 0 aliphatic heterocycles. The van der Waals surface area contributed by atoms with Crippen molar-refractivity contribution in [2.75, 3.05) is 6.61 Å². The predicted octanol–water partition coefficient (Wildman–Crippen LogP) is 1.77. The minimum absolute atomic E-state index is 0.0166. The molecule has 0 spiro atoms. The molecule has 1 aromatic rings. The minimum atomic E-state index is -0.648. The highest BCUT2D eigenvalue weighted by Gasteiger charge is 2.13. The molecular formula is C11H12BrF2NO2. The quantitative estimate of drug-likeness (QED) is 0.833. The number of nitrogens with one attached hydrogen (secondary N) is 1. The lowest BCUT2D eigenvalue weighted by molar-refractivity contribution is -0.121. The lowest BCUT2D eigenvalue weighted by atomic mass is 10.1. The maximum atomic E-state index is 13.4. The van der Waals surface area contributed by atoms with Gasteiger partial charge in [-0.25, -0.2) is 8.78 Å². The van der Waals surface area contributed by atoms with E-state index in [9.17, 15) is 13.6 Å². The average molecular weight is 308 g/mol. The van der Waals surface area contributed by atoms with Crippen LogP contribution in [0.25, 0.3) is 0 Å². The van der Waals surface area contributed by atoms with E-state index in [0.29, 0.717) is 0 Å². The van der Waals surface area contributed by atoms with Crippen LogP contribution in [-0.2, 0) is 11.2 Å². The molecule has 17 heavy (non-hydrogen) atoms. The van der Waals surface area contributed by atoms with Gasteiger partial charge >= 0.3 is 0 Å². The summed E-state index contributed by atoms with van der Waals surface area (Å²) in [5, 5.41) is 11.2. The van der Waals surface area contributed by atoms with E-state index in [0.717, 1.165) is 12.1 Å². The predicted molar refractivity (Wildman–Crippen MR) is 62.5 cm³/mol. The SMILES string of the molecule is CC(CO)NC(=O)Cc1cc(F)c(Br)cc1F. The Bertz CT molecular complexity index is 426. The van der Waals surface area contributed by atoms with Crippen molar-refractivity contribution >= 4 is 21.8 Å². The first-order chi connectivity index (χ1) is 7.93. The van der Waals surface area contributed by atoms with Crippen molar-refractivity contribution < 1.29 is 18.7 Å². The minimum Gasteiger partial charge on any atom is -0.394 e. The first-order valence-corrected chi connectivity index (χ1v) is 5.77. The third-order valence-corrected chi connectivity index (χ3v) is 2.73. The molecule has 1 aromatic carbocycles. The Morgan fingerprint density at radius 2 is 2.12 bits per heavy atom. The highest BCUT2D eigenvalue weighted by Crippen LogP contribution is 2.20. The molecule has 3 nitrogen and oxygen atoms in total. The second-order valence-electron chi connectivity index (χ2n) is 3.69. The Kier molecular flexibility index (Phi) is 5.02. The Hall–Kier alpha value is -1.01. The van der Waals surface area contributed by atoms with Gasteiger partial charge in [0.2, 0.25) is 5.91 Å².